The summed E-state index contributed by atoms with van der Waals surface area (Å²) >= 11 is 0. The van der Waals surface area contributed by atoms with E-state index < -0.39 is 0 Å². The molecule has 0 aliphatic carbocycles. The maximum absolute atomic E-state index is 14.3. The lowest BCUT2D eigenvalue weighted by molar-refractivity contribution is 0.277. The predicted molar refractivity (Wildman–Crippen MR) is 177 cm³/mol. The van der Waals surface area contributed by atoms with Crippen LogP contribution in [0.1, 0.15) is 47.6 Å². The number of aromatic nitrogens is 2. The van der Waals surface area contributed by atoms with Gasteiger partial charge in [-0.05, 0) is 78.4 Å². The Hall–Kier alpha value is -5.24. The van der Waals surface area contributed by atoms with E-state index in [1.54, 1.807) is 62.9 Å². The molecule has 0 unspecified atom stereocenters. The number of ether oxygens (including phenoxy) is 3. The van der Waals surface area contributed by atoms with E-state index in [9.17, 15) is 9.18 Å². The van der Waals surface area contributed by atoms with Crippen LogP contribution in [0.5, 0.6) is 17.2 Å². The van der Waals surface area contributed by atoms with Gasteiger partial charge in [-0.2, -0.15) is 9.78 Å². The van der Waals surface area contributed by atoms with E-state index in [4.69, 9.17) is 19.2 Å². The van der Waals surface area contributed by atoms with Crippen molar-refractivity contribution in [1.82, 2.24) is 9.66 Å². The van der Waals surface area contributed by atoms with E-state index >= 15 is 0 Å². The molecule has 0 radical (unpaired) electrons. The fourth-order valence-electron chi connectivity index (χ4n) is 5.24. The molecule has 7 nitrogen and oxygen atoms in total. The zero-order valence-electron chi connectivity index (χ0n) is 26.1. The van der Waals surface area contributed by atoms with Gasteiger partial charge >= 0.3 is 0 Å². The lowest BCUT2D eigenvalue weighted by atomic mass is 9.96. The quantitative estimate of drug-likeness (QED) is 0.113. The first-order valence-corrected chi connectivity index (χ1v) is 14.7. The number of hydrogen-bond donors (Lipinski definition) is 0. The number of hydrogen-bond acceptors (Lipinski definition) is 6. The monoisotopic (exact) mass is 605 g/mol. The van der Waals surface area contributed by atoms with Gasteiger partial charge in [-0.15, -0.1) is 6.58 Å². The van der Waals surface area contributed by atoms with Crippen molar-refractivity contribution < 1.29 is 18.6 Å². The highest BCUT2D eigenvalue weighted by Gasteiger charge is 2.19. The molecule has 0 saturated carbocycles. The highest BCUT2D eigenvalue weighted by atomic mass is 19.1. The molecule has 1 heterocycles. The van der Waals surface area contributed by atoms with Gasteiger partial charge in [0, 0.05) is 16.7 Å². The second-order valence-corrected chi connectivity index (χ2v) is 11.0. The van der Waals surface area contributed by atoms with Gasteiger partial charge in [-0.3, -0.25) is 4.79 Å². The van der Waals surface area contributed by atoms with Crippen LogP contribution in [0.25, 0.3) is 22.3 Å². The lowest BCUT2D eigenvalue weighted by Crippen LogP contribution is -2.21. The second kappa shape index (κ2) is 13.6. The molecular weight excluding hydrogens is 569 g/mol. The Bertz CT molecular complexity index is 1960. The van der Waals surface area contributed by atoms with Crippen molar-refractivity contribution >= 4 is 17.1 Å². The number of benzene rings is 4. The minimum Gasteiger partial charge on any atom is -0.496 e. The van der Waals surface area contributed by atoms with Crippen LogP contribution >= 0.6 is 0 Å². The summed E-state index contributed by atoms with van der Waals surface area (Å²) in [6.45, 7) is 10.1. The van der Waals surface area contributed by atoms with Crippen molar-refractivity contribution in [3.05, 3.63) is 129 Å². The molecule has 0 atom stereocenters. The molecule has 0 aliphatic rings. The topological polar surface area (TPSA) is 74.9 Å². The summed E-state index contributed by atoms with van der Waals surface area (Å²) in [5.41, 5.74) is 4.84. The average molecular weight is 606 g/mol. The highest BCUT2D eigenvalue weighted by molar-refractivity contribution is 5.83. The lowest BCUT2D eigenvalue weighted by Gasteiger charge is -2.18. The zero-order valence-corrected chi connectivity index (χ0v) is 26.1. The highest BCUT2D eigenvalue weighted by Crippen LogP contribution is 2.35. The van der Waals surface area contributed by atoms with Crippen molar-refractivity contribution in [3.63, 3.8) is 0 Å². The number of nitrogens with zero attached hydrogens (tertiary/aromatic N) is 3. The smallest absolute Gasteiger partial charge is 0.282 e. The second-order valence-electron chi connectivity index (χ2n) is 11.0. The molecule has 0 spiro atoms. The normalized spacial score (nSPS) is 11.4. The summed E-state index contributed by atoms with van der Waals surface area (Å²) in [7, 11) is 3.19. The Kier molecular flexibility index (Phi) is 9.42. The number of halogens is 1. The maximum Gasteiger partial charge on any atom is 0.282 e. The van der Waals surface area contributed by atoms with Crippen LogP contribution in [0.15, 0.2) is 95.3 Å². The van der Waals surface area contributed by atoms with E-state index in [0.717, 1.165) is 28.0 Å². The standard InChI is InChI=1S/C37H36FN3O4/c1-7-12-26-18-25(19-34(44-6)35(26)45-22-27-13-8-10-15-31(27)38)21-39-41-36(40-32-16-11-9-14-28(32)37(41)42)30-20-29(23(2)3)33(43-5)17-24(30)4/h7-11,13-21,23H,1,12,22H2,2-6H3. The van der Waals surface area contributed by atoms with E-state index in [1.165, 1.54) is 10.7 Å². The summed E-state index contributed by atoms with van der Waals surface area (Å²) in [4.78, 5) is 18.8. The number of aryl methyl sites for hydroxylation is 1. The minimum atomic E-state index is -0.344. The zero-order chi connectivity index (χ0) is 32.1. The van der Waals surface area contributed by atoms with Crippen LogP contribution < -0.4 is 19.8 Å². The minimum absolute atomic E-state index is 0.0295. The van der Waals surface area contributed by atoms with Crippen molar-refractivity contribution in [2.45, 2.75) is 39.7 Å². The van der Waals surface area contributed by atoms with Gasteiger partial charge in [0.2, 0.25) is 0 Å². The van der Waals surface area contributed by atoms with Crippen LogP contribution in [-0.4, -0.2) is 30.1 Å². The molecule has 5 aromatic rings. The van der Waals surface area contributed by atoms with E-state index in [0.29, 0.717) is 45.8 Å². The number of fused-ring (bicyclic) bond motifs is 1. The van der Waals surface area contributed by atoms with Crippen molar-refractivity contribution in [2.75, 3.05) is 14.2 Å². The van der Waals surface area contributed by atoms with Gasteiger partial charge in [0.25, 0.3) is 5.56 Å². The van der Waals surface area contributed by atoms with Crippen LogP contribution in [0, 0.1) is 12.7 Å². The Morgan fingerprint density at radius 1 is 0.978 bits per heavy atom. The van der Waals surface area contributed by atoms with Gasteiger partial charge in [0.15, 0.2) is 17.3 Å². The van der Waals surface area contributed by atoms with Gasteiger partial charge in [-0.25, -0.2) is 9.37 Å². The SMILES string of the molecule is C=CCc1cc(C=Nn2c(-c3cc(C(C)C)c(OC)cc3C)nc3ccccc3c2=O)cc(OC)c1OCc1ccccc1F. The number of methoxy groups -OCH3 is 2. The van der Waals surface area contributed by atoms with E-state index in [2.05, 4.69) is 25.5 Å². The van der Waals surface area contributed by atoms with Crippen molar-refractivity contribution in [1.29, 1.82) is 0 Å². The van der Waals surface area contributed by atoms with Crippen molar-refractivity contribution in [2.24, 2.45) is 5.10 Å². The number of para-hydroxylation sites is 1. The first-order chi connectivity index (χ1) is 21.7. The van der Waals surface area contributed by atoms with Crippen LogP contribution in [0.2, 0.25) is 0 Å². The van der Waals surface area contributed by atoms with Gasteiger partial charge in [0.1, 0.15) is 18.2 Å². The molecule has 0 bridgehead atoms. The van der Waals surface area contributed by atoms with Gasteiger partial charge in [-0.1, -0.05) is 50.3 Å². The molecule has 4 aromatic carbocycles. The Morgan fingerprint density at radius 3 is 2.42 bits per heavy atom. The third-order valence-corrected chi connectivity index (χ3v) is 7.58. The summed E-state index contributed by atoms with van der Waals surface area (Å²) in [6.07, 6.45) is 3.82. The molecule has 0 aliphatic heterocycles. The molecule has 45 heavy (non-hydrogen) atoms. The van der Waals surface area contributed by atoms with Crippen molar-refractivity contribution in [3.8, 4) is 28.6 Å². The Morgan fingerprint density at radius 2 is 1.71 bits per heavy atom. The molecule has 8 heteroatoms. The maximum atomic E-state index is 14.3. The summed E-state index contributed by atoms with van der Waals surface area (Å²) < 4.78 is 33.0. The molecule has 0 amide bonds. The molecule has 0 N–H and O–H groups in total. The summed E-state index contributed by atoms with van der Waals surface area (Å²) in [5, 5.41) is 5.14. The van der Waals surface area contributed by atoms with Gasteiger partial charge in [0.05, 0.1) is 31.3 Å². The summed E-state index contributed by atoms with van der Waals surface area (Å²) in [5.74, 6) is 1.97. The van der Waals surface area contributed by atoms with Gasteiger partial charge < -0.3 is 14.2 Å². The van der Waals surface area contributed by atoms with Crippen LogP contribution in [0.4, 0.5) is 4.39 Å². The van der Waals surface area contributed by atoms with Crippen LogP contribution in [-0.2, 0) is 13.0 Å². The largest absolute Gasteiger partial charge is 0.496 e. The molecule has 5 rings (SSSR count). The predicted octanol–water partition coefficient (Wildman–Crippen LogP) is 7.84. The first-order valence-electron chi connectivity index (χ1n) is 14.7. The van der Waals surface area contributed by atoms with E-state index in [1.807, 2.05) is 37.3 Å². The van der Waals surface area contributed by atoms with Crippen LogP contribution in [0.3, 0.4) is 0 Å². The molecule has 0 saturated heterocycles. The summed E-state index contributed by atoms with van der Waals surface area (Å²) in [6, 6.07) is 21.3. The fraction of sp³-hybridized carbons (Fsp3) is 0.216. The first kappa shape index (κ1) is 31.2. The van der Waals surface area contributed by atoms with E-state index in [-0.39, 0.29) is 23.9 Å². The molecule has 0 fully saturated rings. The number of rotatable bonds is 11. The number of allylic oxidation sites excluding steroid dienone is 1. The third kappa shape index (κ3) is 6.50. The third-order valence-electron chi connectivity index (χ3n) is 7.58. The Balaban J connectivity index is 1.63. The molecule has 230 valence electrons. The molecule has 1 aromatic heterocycles. The average Bonchev–Trinajstić information content (AvgIpc) is 3.04. The Labute approximate surface area is 262 Å². The fourth-order valence-corrected chi connectivity index (χ4v) is 5.24. The molecular formula is C37H36FN3O4.